The monoisotopic (exact) mass is 253 g/mol. The van der Waals surface area contributed by atoms with Crippen molar-refractivity contribution in [1.82, 2.24) is 0 Å². The first kappa shape index (κ1) is 13.3. The van der Waals surface area contributed by atoms with E-state index in [-0.39, 0.29) is 6.54 Å². The number of nitrogens with two attached hydrogens (primary N) is 1. The number of benzene rings is 1. The van der Waals surface area contributed by atoms with Crippen LogP contribution in [-0.4, -0.2) is 23.9 Å². The number of halogens is 4. The quantitative estimate of drug-likeness (QED) is 0.868. The number of aliphatic hydroxyl groups excluding tert-OH is 1. The third-order valence-corrected chi connectivity index (χ3v) is 2.52. The van der Waals surface area contributed by atoms with E-state index < -0.39 is 18.2 Å². The topological polar surface area (TPSA) is 46.2 Å². The summed E-state index contributed by atoms with van der Waals surface area (Å²) in [5.74, 6) is -1.17. The first-order valence-electron chi connectivity index (χ1n) is 4.56. The van der Waals surface area contributed by atoms with Gasteiger partial charge in [-0.05, 0) is 17.7 Å². The zero-order valence-corrected chi connectivity index (χ0v) is 8.96. The fraction of sp³-hybridized carbons (Fsp3) is 0.400. The van der Waals surface area contributed by atoms with Crippen LogP contribution in [0.15, 0.2) is 24.3 Å². The zero-order valence-electron chi connectivity index (χ0n) is 8.21. The van der Waals surface area contributed by atoms with Crippen molar-refractivity contribution in [3.8, 4) is 0 Å². The SMILES string of the molecule is NCC(c1ccc(Cl)cc1)C(O)C(F)(F)F. The van der Waals surface area contributed by atoms with Crippen LogP contribution in [0, 0.1) is 0 Å². The highest BCUT2D eigenvalue weighted by atomic mass is 35.5. The summed E-state index contributed by atoms with van der Waals surface area (Å²) in [6.45, 7) is -0.289. The molecule has 0 aromatic heterocycles. The number of hydrogen-bond acceptors (Lipinski definition) is 2. The van der Waals surface area contributed by atoms with Crippen LogP contribution < -0.4 is 5.73 Å². The number of hydrogen-bond donors (Lipinski definition) is 2. The van der Waals surface area contributed by atoms with Gasteiger partial charge >= 0.3 is 6.18 Å². The van der Waals surface area contributed by atoms with Gasteiger partial charge in [-0.2, -0.15) is 13.2 Å². The van der Waals surface area contributed by atoms with Gasteiger partial charge in [0, 0.05) is 17.5 Å². The van der Waals surface area contributed by atoms with Crippen molar-refractivity contribution < 1.29 is 18.3 Å². The molecule has 1 rings (SSSR count). The molecular formula is C10H11ClF3NO. The van der Waals surface area contributed by atoms with Gasteiger partial charge in [0.05, 0.1) is 0 Å². The van der Waals surface area contributed by atoms with Crippen LogP contribution in [0.2, 0.25) is 5.02 Å². The van der Waals surface area contributed by atoms with Gasteiger partial charge in [-0.1, -0.05) is 23.7 Å². The third-order valence-electron chi connectivity index (χ3n) is 2.27. The predicted molar refractivity (Wildman–Crippen MR) is 55.3 cm³/mol. The van der Waals surface area contributed by atoms with Crippen LogP contribution in [0.4, 0.5) is 13.2 Å². The van der Waals surface area contributed by atoms with Crippen molar-refractivity contribution in [2.24, 2.45) is 5.73 Å². The molecule has 2 atom stereocenters. The van der Waals surface area contributed by atoms with E-state index in [0.29, 0.717) is 10.6 Å². The van der Waals surface area contributed by atoms with E-state index in [1.165, 1.54) is 24.3 Å². The molecule has 0 saturated carbocycles. The van der Waals surface area contributed by atoms with E-state index in [1.807, 2.05) is 0 Å². The Balaban J connectivity index is 2.94. The largest absolute Gasteiger partial charge is 0.414 e. The Labute approximate surface area is 95.8 Å². The minimum atomic E-state index is -4.68. The lowest BCUT2D eigenvalue weighted by Gasteiger charge is -2.23. The van der Waals surface area contributed by atoms with Crippen molar-refractivity contribution >= 4 is 11.6 Å². The lowest BCUT2D eigenvalue weighted by molar-refractivity contribution is -0.209. The molecule has 2 nitrogen and oxygen atoms in total. The molecule has 1 aromatic carbocycles. The van der Waals surface area contributed by atoms with E-state index in [9.17, 15) is 13.2 Å². The van der Waals surface area contributed by atoms with Gasteiger partial charge in [-0.25, -0.2) is 0 Å². The van der Waals surface area contributed by atoms with Gasteiger partial charge in [0.2, 0.25) is 0 Å². The van der Waals surface area contributed by atoms with Crippen LogP contribution >= 0.6 is 11.6 Å². The van der Waals surface area contributed by atoms with Gasteiger partial charge in [0.1, 0.15) is 0 Å². The van der Waals surface area contributed by atoms with Gasteiger partial charge in [0.15, 0.2) is 6.10 Å². The van der Waals surface area contributed by atoms with Crippen molar-refractivity contribution in [3.63, 3.8) is 0 Å². The van der Waals surface area contributed by atoms with Crippen LogP contribution in [0.3, 0.4) is 0 Å². The van der Waals surface area contributed by atoms with Crippen LogP contribution in [0.1, 0.15) is 11.5 Å². The fourth-order valence-electron chi connectivity index (χ4n) is 1.39. The lowest BCUT2D eigenvalue weighted by atomic mass is 9.93. The summed E-state index contributed by atoms with van der Waals surface area (Å²) < 4.78 is 37.0. The molecule has 0 aliphatic heterocycles. The third kappa shape index (κ3) is 3.10. The van der Waals surface area contributed by atoms with E-state index in [4.69, 9.17) is 22.4 Å². The summed E-state index contributed by atoms with van der Waals surface area (Å²) >= 11 is 5.61. The number of aliphatic hydroxyl groups is 1. The van der Waals surface area contributed by atoms with Gasteiger partial charge in [0.25, 0.3) is 0 Å². The molecule has 90 valence electrons. The maximum Gasteiger partial charge on any atom is 0.414 e. The number of rotatable bonds is 3. The second-order valence-electron chi connectivity index (χ2n) is 3.38. The minimum absolute atomic E-state index is 0.289. The first-order chi connectivity index (χ1) is 7.36. The Morgan fingerprint density at radius 2 is 1.75 bits per heavy atom. The molecule has 0 heterocycles. The maximum atomic E-state index is 12.3. The Hall–Kier alpha value is -0.780. The molecule has 0 radical (unpaired) electrons. The lowest BCUT2D eigenvalue weighted by Crippen LogP contribution is -2.38. The minimum Gasteiger partial charge on any atom is -0.383 e. The van der Waals surface area contributed by atoms with Gasteiger partial charge in [-0.3, -0.25) is 0 Å². The highest BCUT2D eigenvalue weighted by molar-refractivity contribution is 6.30. The van der Waals surface area contributed by atoms with Crippen LogP contribution in [0.5, 0.6) is 0 Å². The van der Waals surface area contributed by atoms with E-state index in [1.54, 1.807) is 0 Å². The van der Waals surface area contributed by atoms with E-state index >= 15 is 0 Å². The molecule has 3 N–H and O–H groups in total. The van der Waals surface area contributed by atoms with E-state index in [0.717, 1.165) is 0 Å². The zero-order chi connectivity index (χ0) is 12.3. The molecule has 2 unspecified atom stereocenters. The standard InChI is InChI=1S/C10H11ClF3NO/c11-7-3-1-6(2-4-7)8(5-15)9(16)10(12,13)14/h1-4,8-9,16H,5,15H2. The smallest absolute Gasteiger partial charge is 0.383 e. The highest BCUT2D eigenvalue weighted by Gasteiger charge is 2.43. The summed E-state index contributed by atoms with van der Waals surface area (Å²) in [5.41, 5.74) is 5.56. The molecule has 0 fully saturated rings. The van der Waals surface area contributed by atoms with Crippen LogP contribution in [-0.2, 0) is 0 Å². The summed E-state index contributed by atoms with van der Waals surface area (Å²) in [6.07, 6.45) is -7.14. The maximum absolute atomic E-state index is 12.3. The second kappa shape index (κ2) is 5.03. The average Bonchev–Trinajstić information content (AvgIpc) is 2.20. The van der Waals surface area contributed by atoms with Crippen molar-refractivity contribution in [2.75, 3.05) is 6.54 Å². The molecule has 1 aromatic rings. The molecule has 0 aliphatic rings. The Morgan fingerprint density at radius 3 is 2.12 bits per heavy atom. The summed E-state index contributed by atoms with van der Waals surface area (Å²) in [6, 6.07) is 5.77. The molecule has 6 heteroatoms. The predicted octanol–water partition coefficient (Wildman–Crippen LogP) is 2.31. The Bertz CT molecular complexity index is 339. The van der Waals surface area contributed by atoms with Crippen molar-refractivity contribution in [1.29, 1.82) is 0 Å². The fourth-order valence-corrected chi connectivity index (χ4v) is 1.51. The highest BCUT2D eigenvalue weighted by Crippen LogP contribution is 2.31. The molecule has 0 bridgehead atoms. The molecular weight excluding hydrogens is 243 g/mol. The second-order valence-corrected chi connectivity index (χ2v) is 3.82. The van der Waals surface area contributed by atoms with E-state index in [2.05, 4.69) is 0 Å². The number of alkyl halides is 3. The normalized spacial score (nSPS) is 15.9. The Morgan fingerprint density at radius 1 is 1.25 bits per heavy atom. The van der Waals surface area contributed by atoms with Crippen molar-refractivity contribution in [3.05, 3.63) is 34.9 Å². The van der Waals surface area contributed by atoms with Crippen molar-refractivity contribution in [2.45, 2.75) is 18.2 Å². The molecule has 0 saturated heterocycles. The molecule has 0 aliphatic carbocycles. The summed E-state index contributed by atoms with van der Waals surface area (Å²) in [7, 11) is 0. The van der Waals surface area contributed by atoms with Gasteiger partial charge < -0.3 is 10.8 Å². The first-order valence-corrected chi connectivity index (χ1v) is 4.94. The van der Waals surface area contributed by atoms with Crippen LogP contribution in [0.25, 0.3) is 0 Å². The summed E-state index contributed by atoms with van der Waals surface area (Å²) in [5, 5.41) is 9.55. The molecule has 0 spiro atoms. The molecule has 0 amide bonds. The van der Waals surface area contributed by atoms with Gasteiger partial charge in [-0.15, -0.1) is 0 Å². The molecule has 16 heavy (non-hydrogen) atoms. The summed E-state index contributed by atoms with van der Waals surface area (Å²) in [4.78, 5) is 0. The average molecular weight is 254 g/mol. The Kier molecular flexibility index (Phi) is 4.18.